The van der Waals surface area contributed by atoms with Gasteiger partial charge in [0, 0.05) is 68.7 Å². The summed E-state index contributed by atoms with van der Waals surface area (Å²) in [7, 11) is 3.18. The Hall–Kier alpha value is -5.53. The first-order valence-corrected chi connectivity index (χ1v) is 20.0. The zero-order valence-electron chi connectivity index (χ0n) is 35.1. The van der Waals surface area contributed by atoms with Gasteiger partial charge in [-0.25, -0.2) is 5.43 Å². The Bertz CT molecular complexity index is 2270. The molecule has 2 aliphatic heterocycles. The maximum Gasteiger partial charge on any atom is 0.324 e. The molecule has 0 aliphatic carbocycles. The lowest BCUT2D eigenvalue weighted by atomic mass is 9.84. The molecule has 308 valence electrons. The van der Waals surface area contributed by atoms with Gasteiger partial charge in [0.1, 0.15) is 23.5 Å². The third-order valence-corrected chi connectivity index (χ3v) is 11.2. The monoisotopic (exact) mass is 792 g/mol. The largest absolute Gasteiger partial charge is 0.508 e. The second-order valence-electron chi connectivity index (χ2n) is 16.4. The van der Waals surface area contributed by atoms with Crippen molar-refractivity contribution in [2.75, 3.05) is 27.3 Å². The average Bonchev–Trinajstić information content (AvgIpc) is 3.49. The first kappa shape index (κ1) is 42.1. The van der Waals surface area contributed by atoms with E-state index in [1.165, 1.54) is 23.9 Å². The van der Waals surface area contributed by atoms with E-state index in [9.17, 15) is 24.3 Å². The summed E-state index contributed by atoms with van der Waals surface area (Å²) in [6.45, 7) is 14.1. The van der Waals surface area contributed by atoms with Crippen molar-refractivity contribution in [3.05, 3.63) is 82.8 Å². The summed E-state index contributed by atoms with van der Waals surface area (Å²) < 4.78 is 14.1. The third-order valence-electron chi connectivity index (χ3n) is 11.2. The van der Waals surface area contributed by atoms with E-state index in [0.29, 0.717) is 43.5 Å². The van der Waals surface area contributed by atoms with Crippen LogP contribution in [0, 0.1) is 5.41 Å². The normalized spacial score (nSPS) is 18.9. The minimum atomic E-state index is -1.13. The molecule has 0 unspecified atom stereocenters. The SMILES string of the molecule is CCn1c(-c2cccnc2[C@H](C)OC)c2c3cc(ccc31)-c1cc(O)cc(c1)C[C@H](NC(=O)C(=C(C)C)N(C)C(C)=O)C(=O)N1CCC[C@H](N1)C(=O)OCC(C)(C)C2. The van der Waals surface area contributed by atoms with Gasteiger partial charge in [0.15, 0.2) is 0 Å². The Labute approximate surface area is 340 Å². The molecule has 58 heavy (non-hydrogen) atoms. The van der Waals surface area contributed by atoms with Crippen LogP contribution in [0.3, 0.4) is 0 Å². The number of hydrazine groups is 1. The molecule has 13 heteroatoms. The zero-order valence-corrected chi connectivity index (χ0v) is 35.1. The molecule has 0 radical (unpaired) electrons. The summed E-state index contributed by atoms with van der Waals surface area (Å²) in [6.07, 6.45) is 3.06. The van der Waals surface area contributed by atoms with Crippen LogP contribution in [0.1, 0.15) is 84.2 Å². The van der Waals surface area contributed by atoms with Crippen molar-refractivity contribution in [1.29, 1.82) is 0 Å². The number of hydrogen-bond donors (Lipinski definition) is 3. The van der Waals surface area contributed by atoms with Gasteiger partial charge in [0.25, 0.3) is 11.8 Å². The number of pyridine rings is 1. The molecule has 13 nitrogen and oxygen atoms in total. The van der Waals surface area contributed by atoms with Crippen molar-refractivity contribution >= 4 is 34.6 Å². The first-order valence-electron chi connectivity index (χ1n) is 20.0. The van der Waals surface area contributed by atoms with Gasteiger partial charge < -0.3 is 29.4 Å². The van der Waals surface area contributed by atoms with E-state index in [-0.39, 0.29) is 36.5 Å². The molecule has 2 aromatic carbocycles. The summed E-state index contributed by atoms with van der Waals surface area (Å²) in [5, 5.41) is 16.5. The van der Waals surface area contributed by atoms with Crippen LogP contribution in [0.5, 0.6) is 5.75 Å². The number of benzene rings is 2. The highest BCUT2D eigenvalue weighted by Crippen LogP contribution is 2.42. The number of aromatic nitrogens is 2. The maximum atomic E-state index is 14.4. The Kier molecular flexibility index (Phi) is 12.4. The lowest BCUT2D eigenvalue weighted by molar-refractivity contribution is -0.155. The number of methoxy groups -OCH3 is 1. The highest BCUT2D eigenvalue weighted by atomic mass is 16.5. The predicted octanol–water partition coefficient (Wildman–Crippen LogP) is 6.22. The topological polar surface area (TPSA) is 155 Å². The van der Waals surface area contributed by atoms with E-state index in [1.54, 1.807) is 39.3 Å². The van der Waals surface area contributed by atoms with Gasteiger partial charge in [-0.3, -0.25) is 29.2 Å². The van der Waals surface area contributed by atoms with E-state index >= 15 is 0 Å². The molecule has 6 bridgehead atoms. The molecule has 1 fully saturated rings. The summed E-state index contributed by atoms with van der Waals surface area (Å²) in [6, 6.07) is 13.5. The second-order valence-corrected chi connectivity index (χ2v) is 16.4. The molecule has 3 N–H and O–H groups in total. The molecule has 4 heterocycles. The zero-order chi connectivity index (χ0) is 42.1. The summed E-state index contributed by atoms with van der Waals surface area (Å²) in [5.74, 6) is -1.87. The molecular weight excluding hydrogens is 737 g/mol. The first-order chi connectivity index (χ1) is 27.5. The number of phenols is 1. The van der Waals surface area contributed by atoms with Crippen molar-refractivity contribution in [2.24, 2.45) is 5.41 Å². The van der Waals surface area contributed by atoms with E-state index in [0.717, 1.165) is 44.5 Å². The fourth-order valence-corrected chi connectivity index (χ4v) is 8.17. The molecule has 6 rings (SSSR count). The number of hydrogen-bond acceptors (Lipinski definition) is 9. The van der Waals surface area contributed by atoms with Crippen molar-refractivity contribution < 1.29 is 33.8 Å². The number of phenolic OH excluding ortho intramolecular Hbond substituents is 1. The quantitative estimate of drug-likeness (QED) is 0.146. The number of esters is 1. The highest BCUT2D eigenvalue weighted by Gasteiger charge is 2.36. The number of allylic oxidation sites excluding steroid dienone is 1. The van der Waals surface area contributed by atoms with Crippen LogP contribution in [0.25, 0.3) is 33.3 Å². The van der Waals surface area contributed by atoms with E-state index in [2.05, 4.69) is 54.3 Å². The Morgan fingerprint density at radius 2 is 1.88 bits per heavy atom. The van der Waals surface area contributed by atoms with Crippen LogP contribution in [-0.2, 0) is 48.0 Å². The van der Waals surface area contributed by atoms with Gasteiger partial charge in [0.05, 0.1) is 24.1 Å². The molecule has 2 aliphatic rings. The van der Waals surface area contributed by atoms with Gasteiger partial charge in [-0.15, -0.1) is 0 Å². The van der Waals surface area contributed by atoms with Crippen LogP contribution >= 0.6 is 0 Å². The number of ether oxygens (including phenoxy) is 2. The maximum absolute atomic E-state index is 14.4. The van der Waals surface area contributed by atoms with Gasteiger partial charge in [-0.2, -0.15) is 0 Å². The van der Waals surface area contributed by atoms with Gasteiger partial charge in [-0.05, 0) is 111 Å². The van der Waals surface area contributed by atoms with Gasteiger partial charge in [-0.1, -0.05) is 26.0 Å². The van der Waals surface area contributed by atoms with E-state index in [1.807, 2.05) is 25.1 Å². The molecule has 1 saturated heterocycles. The summed E-state index contributed by atoms with van der Waals surface area (Å²) >= 11 is 0. The minimum absolute atomic E-state index is 0.00135. The Balaban J connectivity index is 1.54. The van der Waals surface area contributed by atoms with Crippen LogP contribution in [0.15, 0.2) is 66.0 Å². The lowest BCUT2D eigenvalue weighted by Gasteiger charge is -2.36. The third kappa shape index (κ3) is 8.65. The van der Waals surface area contributed by atoms with Crippen LogP contribution in [0.2, 0.25) is 0 Å². The average molecular weight is 793 g/mol. The number of aromatic hydroxyl groups is 1. The fraction of sp³-hybridized carbons (Fsp3) is 0.444. The number of carbonyl (C=O) groups is 4. The fourth-order valence-electron chi connectivity index (χ4n) is 8.17. The van der Waals surface area contributed by atoms with Gasteiger partial charge in [0.2, 0.25) is 5.91 Å². The summed E-state index contributed by atoms with van der Waals surface area (Å²) in [5.41, 5.74) is 10.3. The molecule has 2 aromatic heterocycles. The predicted molar refractivity (Wildman–Crippen MR) is 222 cm³/mol. The minimum Gasteiger partial charge on any atom is -0.508 e. The number of amides is 3. The van der Waals surface area contributed by atoms with Crippen molar-refractivity contribution in [3.8, 4) is 28.1 Å². The second kappa shape index (κ2) is 17.1. The number of aryl methyl sites for hydroxylation is 1. The number of fused-ring (bicyclic) bond motifs is 6. The van der Waals surface area contributed by atoms with Gasteiger partial charge >= 0.3 is 5.97 Å². The lowest BCUT2D eigenvalue weighted by Crippen LogP contribution is -2.60. The van der Waals surface area contributed by atoms with Crippen LogP contribution < -0.4 is 10.7 Å². The molecule has 0 spiro atoms. The number of nitrogens with one attached hydrogen (secondary N) is 2. The molecule has 3 atom stereocenters. The van der Waals surface area contributed by atoms with Crippen LogP contribution in [-0.4, -0.2) is 87.7 Å². The van der Waals surface area contributed by atoms with Crippen molar-refractivity contribution in [3.63, 3.8) is 0 Å². The van der Waals surface area contributed by atoms with Crippen LogP contribution in [0.4, 0.5) is 0 Å². The number of nitrogens with zero attached hydrogens (tertiary/aromatic N) is 4. The standard InChI is InChI=1S/C45H56N6O7/c1-10-50-38-16-15-30-23-34(38)35(41(50)33-13-11-17-46-39(33)27(4)57-9)24-45(6,7)25-58-44(56)36-14-12-18-51(48-36)43(55)37(21-29-19-31(30)22-32(53)20-29)47-42(54)40(26(2)3)49(8)28(5)52/h11,13,15-17,19-20,22-23,27,36-37,48,53H,10,12,14,18,21,24-25H2,1-9H3,(H,47,54)/t27-,36-,37-/m0/s1. The Morgan fingerprint density at radius 1 is 1.12 bits per heavy atom. The number of carbonyl (C=O) groups excluding carboxylic acids is 4. The molecule has 4 aromatic rings. The number of likely N-dealkylation sites (N-methyl/N-ethyl adjacent to an activating group) is 1. The number of cyclic esters (lactones) is 1. The molecular formula is C45H56N6O7. The molecule has 0 saturated carbocycles. The highest BCUT2D eigenvalue weighted by molar-refractivity contribution is 6.00. The van der Waals surface area contributed by atoms with Crippen molar-refractivity contribution in [1.82, 2.24) is 30.2 Å². The summed E-state index contributed by atoms with van der Waals surface area (Å²) in [4.78, 5) is 60.5. The molecule has 3 amide bonds. The van der Waals surface area contributed by atoms with E-state index in [4.69, 9.17) is 14.5 Å². The Morgan fingerprint density at radius 3 is 2.57 bits per heavy atom. The van der Waals surface area contributed by atoms with E-state index < -0.39 is 35.3 Å². The van der Waals surface area contributed by atoms with Crippen molar-refractivity contribution in [2.45, 2.75) is 98.9 Å². The smallest absolute Gasteiger partial charge is 0.324 e. The number of rotatable bonds is 7.